The molecule has 0 aliphatic carbocycles. The lowest BCUT2D eigenvalue weighted by Gasteiger charge is -2.19. The van der Waals surface area contributed by atoms with Crippen molar-refractivity contribution in [1.82, 2.24) is 4.90 Å². The molecule has 2 heterocycles. The van der Waals surface area contributed by atoms with E-state index in [9.17, 15) is 4.79 Å². The largest absolute Gasteiger partial charge is 0.494 e. The highest BCUT2D eigenvalue weighted by Crippen LogP contribution is 2.27. The topological polar surface area (TPSA) is 53.9 Å². The van der Waals surface area contributed by atoms with Gasteiger partial charge in [0.1, 0.15) is 11.6 Å². The van der Waals surface area contributed by atoms with Crippen molar-refractivity contribution in [3.63, 3.8) is 0 Å². The van der Waals surface area contributed by atoms with Gasteiger partial charge in [0.25, 0.3) is 0 Å². The summed E-state index contributed by atoms with van der Waals surface area (Å²) in [7, 11) is 0. The fraction of sp³-hybridized carbons (Fsp3) is 0.517. The highest BCUT2D eigenvalue weighted by Gasteiger charge is 2.24. The van der Waals surface area contributed by atoms with Gasteiger partial charge in [-0.15, -0.1) is 0 Å². The molecule has 4 rings (SSSR count). The molecule has 1 atom stereocenters. The van der Waals surface area contributed by atoms with Gasteiger partial charge in [0.05, 0.1) is 6.61 Å². The highest BCUT2D eigenvalue weighted by molar-refractivity contribution is 6.03. The van der Waals surface area contributed by atoms with E-state index in [-0.39, 0.29) is 11.3 Å². The summed E-state index contributed by atoms with van der Waals surface area (Å²) in [6, 6.07) is 15.2. The molecule has 2 aliphatic rings. The molecule has 2 aromatic rings. The summed E-state index contributed by atoms with van der Waals surface area (Å²) in [6.07, 6.45) is 5.15. The SMILES string of the molecule is CC(=O)N1CCC(CN=C2Cc3cc(CCCCOc4cccc(C(C)(C)C)c4)ccc3N2)C1. The molecule has 1 amide bonds. The monoisotopic (exact) mass is 461 g/mol. The van der Waals surface area contributed by atoms with Crippen molar-refractivity contribution in [2.45, 2.75) is 65.2 Å². The molecule has 0 aromatic heterocycles. The molecule has 1 saturated heterocycles. The van der Waals surface area contributed by atoms with Gasteiger partial charge in [-0.05, 0) is 71.9 Å². The summed E-state index contributed by atoms with van der Waals surface area (Å²) in [5.41, 5.74) is 5.34. The van der Waals surface area contributed by atoms with Crippen LogP contribution in [0.5, 0.6) is 5.75 Å². The summed E-state index contributed by atoms with van der Waals surface area (Å²) in [5.74, 6) is 2.68. The lowest BCUT2D eigenvalue weighted by Crippen LogP contribution is -2.26. The minimum atomic E-state index is 0.138. The van der Waals surface area contributed by atoms with E-state index < -0.39 is 0 Å². The number of aryl methyl sites for hydroxylation is 1. The number of fused-ring (bicyclic) bond motifs is 1. The number of carbonyl (C=O) groups is 1. The summed E-state index contributed by atoms with van der Waals surface area (Å²) < 4.78 is 6.01. The Morgan fingerprint density at radius 3 is 2.79 bits per heavy atom. The quantitative estimate of drug-likeness (QED) is 0.519. The third kappa shape index (κ3) is 6.40. The normalized spacial score (nSPS) is 18.8. The number of amides is 1. The maximum atomic E-state index is 11.5. The molecule has 0 spiro atoms. The smallest absolute Gasteiger partial charge is 0.219 e. The molecule has 34 heavy (non-hydrogen) atoms. The zero-order valence-corrected chi connectivity index (χ0v) is 21.2. The van der Waals surface area contributed by atoms with Crippen molar-refractivity contribution >= 4 is 17.4 Å². The van der Waals surface area contributed by atoms with Crippen molar-refractivity contribution in [2.24, 2.45) is 10.9 Å². The number of aliphatic imine (C=N–C) groups is 1. The van der Waals surface area contributed by atoms with Gasteiger partial charge in [-0.2, -0.15) is 0 Å². The molecular formula is C29H39N3O2. The molecule has 1 fully saturated rings. The van der Waals surface area contributed by atoms with Gasteiger partial charge >= 0.3 is 0 Å². The van der Waals surface area contributed by atoms with Crippen molar-refractivity contribution in [3.8, 4) is 5.75 Å². The van der Waals surface area contributed by atoms with E-state index in [0.29, 0.717) is 5.92 Å². The first-order valence-electron chi connectivity index (χ1n) is 12.7. The van der Waals surface area contributed by atoms with E-state index >= 15 is 0 Å². The van der Waals surface area contributed by atoms with Gasteiger partial charge in [0.15, 0.2) is 0 Å². The number of likely N-dealkylation sites (tertiary alicyclic amines) is 1. The standard InChI is InChI=1S/C29H39N3O2/c1-21(33)32-14-13-23(20-32)19-30-28-17-24-16-22(11-12-27(24)31-28)8-5-6-15-34-26-10-7-9-25(18-26)29(2,3)4/h7,9-12,16,18,23H,5-6,8,13-15,17,19-20H2,1-4H3,(H,30,31). The number of amidine groups is 1. The van der Waals surface area contributed by atoms with Crippen LogP contribution in [0.1, 0.15) is 63.6 Å². The van der Waals surface area contributed by atoms with Crippen LogP contribution in [0.2, 0.25) is 0 Å². The molecule has 1 unspecified atom stereocenters. The van der Waals surface area contributed by atoms with Gasteiger partial charge < -0.3 is 15.0 Å². The summed E-state index contributed by atoms with van der Waals surface area (Å²) in [6.45, 7) is 11.6. The van der Waals surface area contributed by atoms with E-state index in [1.165, 1.54) is 22.4 Å². The molecule has 5 heteroatoms. The Morgan fingerprint density at radius 1 is 1.18 bits per heavy atom. The van der Waals surface area contributed by atoms with Gasteiger partial charge in [-0.1, -0.05) is 45.0 Å². The maximum absolute atomic E-state index is 11.5. The number of nitrogens with zero attached hydrogens (tertiary/aromatic N) is 2. The number of carbonyl (C=O) groups excluding carboxylic acids is 1. The number of benzene rings is 2. The minimum absolute atomic E-state index is 0.138. The van der Waals surface area contributed by atoms with E-state index in [1.807, 2.05) is 11.0 Å². The average molecular weight is 462 g/mol. The van der Waals surface area contributed by atoms with E-state index in [1.54, 1.807) is 6.92 Å². The third-order valence-corrected chi connectivity index (χ3v) is 6.91. The Hall–Kier alpha value is -2.82. The Labute approximate surface area is 204 Å². The van der Waals surface area contributed by atoms with Crippen LogP contribution in [-0.2, 0) is 23.1 Å². The van der Waals surface area contributed by atoms with Crippen LogP contribution in [0.15, 0.2) is 47.5 Å². The lowest BCUT2D eigenvalue weighted by atomic mass is 9.87. The van der Waals surface area contributed by atoms with Crippen molar-refractivity contribution < 1.29 is 9.53 Å². The summed E-state index contributed by atoms with van der Waals surface area (Å²) >= 11 is 0. The first-order valence-corrected chi connectivity index (χ1v) is 12.7. The van der Waals surface area contributed by atoms with Gasteiger partial charge in [0, 0.05) is 38.7 Å². The van der Waals surface area contributed by atoms with E-state index in [0.717, 1.165) is 69.9 Å². The van der Waals surface area contributed by atoms with Crippen LogP contribution in [0, 0.1) is 5.92 Å². The predicted octanol–water partition coefficient (Wildman–Crippen LogP) is 5.62. The van der Waals surface area contributed by atoms with Crippen LogP contribution in [-0.4, -0.2) is 42.9 Å². The average Bonchev–Trinajstić information content (AvgIpc) is 3.43. The molecule has 0 saturated carbocycles. The van der Waals surface area contributed by atoms with Crippen LogP contribution in [0.3, 0.4) is 0 Å². The fourth-order valence-electron chi connectivity index (χ4n) is 4.73. The van der Waals surface area contributed by atoms with Crippen LogP contribution in [0.25, 0.3) is 0 Å². The molecule has 2 aliphatic heterocycles. The summed E-state index contributed by atoms with van der Waals surface area (Å²) in [4.78, 5) is 18.3. The Kier molecular flexibility index (Phi) is 7.60. The highest BCUT2D eigenvalue weighted by atomic mass is 16.5. The molecular weight excluding hydrogens is 422 g/mol. The number of rotatable bonds is 8. The molecule has 182 valence electrons. The zero-order valence-electron chi connectivity index (χ0n) is 21.2. The lowest BCUT2D eigenvalue weighted by molar-refractivity contribution is -0.127. The number of hydrogen-bond donors (Lipinski definition) is 1. The van der Waals surface area contributed by atoms with Crippen molar-refractivity contribution in [2.75, 3.05) is 31.6 Å². The number of anilines is 1. The second kappa shape index (κ2) is 10.6. The Balaban J connectivity index is 1.20. The number of nitrogens with one attached hydrogen (secondary N) is 1. The number of hydrogen-bond acceptors (Lipinski definition) is 3. The van der Waals surface area contributed by atoms with Crippen LogP contribution in [0.4, 0.5) is 5.69 Å². The molecule has 5 nitrogen and oxygen atoms in total. The molecule has 2 aromatic carbocycles. The van der Waals surface area contributed by atoms with Gasteiger partial charge in [-0.25, -0.2) is 0 Å². The van der Waals surface area contributed by atoms with Gasteiger partial charge in [0.2, 0.25) is 5.91 Å². The Morgan fingerprint density at radius 2 is 2.03 bits per heavy atom. The van der Waals surface area contributed by atoms with Crippen molar-refractivity contribution in [1.29, 1.82) is 0 Å². The number of unbranched alkanes of at least 4 members (excludes halogenated alkanes) is 1. The number of ether oxygens (including phenoxy) is 1. The van der Waals surface area contributed by atoms with Crippen LogP contribution >= 0.6 is 0 Å². The molecule has 1 N–H and O–H groups in total. The van der Waals surface area contributed by atoms with Gasteiger partial charge in [-0.3, -0.25) is 9.79 Å². The van der Waals surface area contributed by atoms with E-state index in [2.05, 4.69) is 62.5 Å². The summed E-state index contributed by atoms with van der Waals surface area (Å²) in [5, 5.41) is 3.48. The molecule has 0 radical (unpaired) electrons. The second-order valence-electron chi connectivity index (χ2n) is 10.8. The third-order valence-electron chi connectivity index (χ3n) is 6.91. The predicted molar refractivity (Wildman–Crippen MR) is 140 cm³/mol. The Bertz CT molecular complexity index is 1040. The fourth-order valence-corrected chi connectivity index (χ4v) is 4.73. The van der Waals surface area contributed by atoms with Crippen molar-refractivity contribution in [3.05, 3.63) is 59.2 Å². The molecule has 0 bridgehead atoms. The van der Waals surface area contributed by atoms with Crippen LogP contribution < -0.4 is 10.1 Å². The van der Waals surface area contributed by atoms with E-state index in [4.69, 9.17) is 9.73 Å². The first-order chi connectivity index (χ1) is 16.3. The zero-order chi connectivity index (χ0) is 24.1. The minimum Gasteiger partial charge on any atom is -0.494 e. The second-order valence-corrected chi connectivity index (χ2v) is 10.8. The first kappa shape index (κ1) is 24.3. The maximum Gasteiger partial charge on any atom is 0.219 e.